The molecule has 1 aromatic heterocycles. The zero-order chi connectivity index (χ0) is 22.0. The van der Waals surface area contributed by atoms with Crippen molar-refractivity contribution in [2.75, 3.05) is 5.32 Å². The van der Waals surface area contributed by atoms with Crippen LogP contribution in [0.2, 0.25) is 10.0 Å². The van der Waals surface area contributed by atoms with Crippen LogP contribution in [-0.2, 0) is 4.79 Å². The van der Waals surface area contributed by atoms with Gasteiger partial charge in [0.1, 0.15) is 0 Å². The van der Waals surface area contributed by atoms with E-state index in [1.165, 1.54) is 16.3 Å². The van der Waals surface area contributed by atoms with Gasteiger partial charge in [0.25, 0.3) is 5.56 Å². The lowest BCUT2D eigenvalue weighted by molar-refractivity contribution is -0.115. The predicted octanol–water partition coefficient (Wildman–Crippen LogP) is 5.81. The van der Waals surface area contributed by atoms with E-state index >= 15 is 0 Å². The lowest BCUT2D eigenvalue weighted by Crippen LogP contribution is -2.26. The van der Waals surface area contributed by atoms with Crippen LogP contribution < -0.4 is 10.9 Å². The van der Waals surface area contributed by atoms with Crippen LogP contribution in [0.4, 0.5) is 5.69 Å². The Balaban J connectivity index is 1.76. The predicted molar refractivity (Wildman–Crippen MR) is 128 cm³/mol. The van der Waals surface area contributed by atoms with Gasteiger partial charge >= 0.3 is 0 Å². The number of halogens is 2. The number of carbonyl (C=O) groups is 1. The molecule has 4 aromatic rings. The fraction of sp³-hybridized carbons (Fsp3) is 0.0870. The lowest BCUT2D eigenvalue weighted by Gasteiger charge is -2.17. The Labute approximate surface area is 193 Å². The minimum absolute atomic E-state index is 0.195. The van der Waals surface area contributed by atoms with Crippen molar-refractivity contribution in [3.63, 3.8) is 0 Å². The molecule has 0 aliphatic heterocycles. The fourth-order valence-electron chi connectivity index (χ4n) is 3.02. The van der Waals surface area contributed by atoms with E-state index in [1.54, 1.807) is 43.3 Å². The maximum Gasteiger partial charge on any atom is 0.266 e. The molecule has 0 aliphatic carbocycles. The van der Waals surface area contributed by atoms with Crippen molar-refractivity contribution in [3.8, 4) is 5.69 Å². The Morgan fingerprint density at radius 3 is 2.45 bits per heavy atom. The Morgan fingerprint density at radius 2 is 1.71 bits per heavy atom. The normalized spacial score (nSPS) is 12.0. The molecule has 0 fully saturated rings. The number of nitrogens with one attached hydrogen (secondary N) is 1. The maximum atomic E-state index is 13.3. The molecular weight excluding hydrogens is 453 g/mol. The van der Waals surface area contributed by atoms with E-state index < -0.39 is 5.25 Å². The second-order valence-corrected chi connectivity index (χ2v) is 8.89. The number of carbonyl (C=O) groups excluding carboxylic acids is 1. The number of anilines is 1. The van der Waals surface area contributed by atoms with Crippen molar-refractivity contribution >= 4 is 57.5 Å². The highest BCUT2D eigenvalue weighted by atomic mass is 35.5. The number of para-hydroxylation sites is 2. The summed E-state index contributed by atoms with van der Waals surface area (Å²) in [5.41, 5.74) is 1.54. The minimum Gasteiger partial charge on any atom is -0.325 e. The summed E-state index contributed by atoms with van der Waals surface area (Å²) in [7, 11) is 0. The third kappa shape index (κ3) is 4.61. The SMILES string of the molecule is C[C@@H](Sc1nc2ccccc2c(=O)n1-c1ccc(Cl)c(Cl)c1)C(=O)Nc1ccccc1. The van der Waals surface area contributed by atoms with Gasteiger partial charge in [0, 0.05) is 5.69 Å². The van der Waals surface area contributed by atoms with E-state index in [9.17, 15) is 9.59 Å². The van der Waals surface area contributed by atoms with Crippen LogP contribution in [0.15, 0.2) is 82.7 Å². The smallest absolute Gasteiger partial charge is 0.266 e. The fourth-order valence-corrected chi connectivity index (χ4v) is 4.24. The van der Waals surface area contributed by atoms with E-state index in [4.69, 9.17) is 23.2 Å². The van der Waals surface area contributed by atoms with Crippen molar-refractivity contribution in [3.05, 3.63) is 93.2 Å². The van der Waals surface area contributed by atoms with Gasteiger partial charge in [-0.2, -0.15) is 0 Å². The number of amides is 1. The molecule has 3 aromatic carbocycles. The van der Waals surface area contributed by atoms with Gasteiger partial charge in [-0.1, -0.05) is 65.3 Å². The highest BCUT2D eigenvalue weighted by Crippen LogP contribution is 2.29. The number of thioether (sulfide) groups is 1. The second-order valence-electron chi connectivity index (χ2n) is 6.77. The van der Waals surface area contributed by atoms with E-state index in [1.807, 2.05) is 36.4 Å². The van der Waals surface area contributed by atoms with Gasteiger partial charge in [-0.25, -0.2) is 4.98 Å². The van der Waals surface area contributed by atoms with E-state index in [0.717, 1.165) is 0 Å². The molecule has 156 valence electrons. The van der Waals surface area contributed by atoms with Crippen LogP contribution in [0.1, 0.15) is 6.92 Å². The molecule has 0 radical (unpaired) electrons. The number of fused-ring (bicyclic) bond motifs is 1. The van der Waals surface area contributed by atoms with Crippen LogP contribution in [0.25, 0.3) is 16.6 Å². The third-order valence-electron chi connectivity index (χ3n) is 4.60. The number of hydrogen-bond donors (Lipinski definition) is 1. The number of hydrogen-bond acceptors (Lipinski definition) is 4. The first-order valence-corrected chi connectivity index (χ1v) is 11.1. The van der Waals surface area contributed by atoms with Crippen LogP contribution >= 0.6 is 35.0 Å². The molecule has 1 atom stereocenters. The van der Waals surface area contributed by atoms with Crippen LogP contribution in [-0.4, -0.2) is 20.7 Å². The quantitative estimate of drug-likeness (QED) is 0.295. The zero-order valence-electron chi connectivity index (χ0n) is 16.4. The van der Waals surface area contributed by atoms with E-state index in [0.29, 0.717) is 37.5 Å². The van der Waals surface area contributed by atoms with Crippen LogP contribution in [0, 0.1) is 0 Å². The molecule has 0 spiro atoms. The van der Waals surface area contributed by atoms with Crippen molar-refractivity contribution in [1.82, 2.24) is 9.55 Å². The summed E-state index contributed by atoms with van der Waals surface area (Å²) in [5.74, 6) is -0.195. The zero-order valence-corrected chi connectivity index (χ0v) is 18.7. The van der Waals surface area contributed by atoms with Crippen molar-refractivity contribution in [2.45, 2.75) is 17.3 Å². The second kappa shape index (κ2) is 9.14. The van der Waals surface area contributed by atoms with Crippen molar-refractivity contribution in [2.24, 2.45) is 0 Å². The molecule has 1 amide bonds. The third-order valence-corrected chi connectivity index (χ3v) is 6.39. The number of aromatic nitrogens is 2. The molecular formula is C23H17Cl2N3O2S. The van der Waals surface area contributed by atoms with Gasteiger partial charge in [-0.05, 0) is 49.4 Å². The Hall–Kier alpha value is -2.80. The van der Waals surface area contributed by atoms with Gasteiger partial charge in [0.2, 0.25) is 5.91 Å². The number of nitrogens with zero attached hydrogens (tertiary/aromatic N) is 2. The highest BCUT2D eigenvalue weighted by Gasteiger charge is 2.21. The van der Waals surface area contributed by atoms with Gasteiger partial charge in [-0.15, -0.1) is 0 Å². The summed E-state index contributed by atoms with van der Waals surface area (Å²) in [6.45, 7) is 1.77. The average Bonchev–Trinajstić information content (AvgIpc) is 2.77. The summed E-state index contributed by atoms with van der Waals surface area (Å²) in [4.78, 5) is 30.7. The minimum atomic E-state index is -0.512. The first-order chi connectivity index (χ1) is 14.9. The molecule has 0 unspecified atom stereocenters. The van der Waals surface area contributed by atoms with E-state index in [-0.39, 0.29) is 11.5 Å². The van der Waals surface area contributed by atoms with Crippen molar-refractivity contribution in [1.29, 1.82) is 0 Å². The Bertz CT molecular complexity index is 1330. The average molecular weight is 470 g/mol. The molecule has 0 bridgehead atoms. The highest BCUT2D eigenvalue weighted by molar-refractivity contribution is 8.00. The Kier molecular flexibility index (Phi) is 6.32. The van der Waals surface area contributed by atoms with Gasteiger partial charge in [-0.3, -0.25) is 14.2 Å². The first-order valence-electron chi connectivity index (χ1n) is 9.44. The molecule has 1 N–H and O–H groups in total. The van der Waals surface area contributed by atoms with Gasteiger partial charge in [0.15, 0.2) is 5.16 Å². The number of benzene rings is 3. The Morgan fingerprint density at radius 1 is 1.00 bits per heavy atom. The monoisotopic (exact) mass is 469 g/mol. The molecule has 0 saturated heterocycles. The molecule has 8 heteroatoms. The van der Waals surface area contributed by atoms with Crippen molar-refractivity contribution < 1.29 is 4.79 Å². The number of rotatable bonds is 5. The standard InChI is InChI=1S/C23H17Cl2N3O2S/c1-14(21(29)26-15-7-3-2-4-8-15)31-23-27-20-10-6-5-9-17(20)22(30)28(23)16-11-12-18(24)19(25)13-16/h2-14H,1H3,(H,26,29)/t14-/m1/s1. The van der Waals surface area contributed by atoms with Gasteiger partial charge < -0.3 is 5.32 Å². The summed E-state index contributed by atoms with van der Waals surface area (Å²) in [6, 6.07) is 21.2. The molecule has 0 aliphatic rings. The molecule has 31 heavy (non-hydrogen) atoms. The maximum absolute atomic E-state index is 13.3. The summed E-state index contributed by atoms with van der Waals surface area (Å²) < 4.78 is 1.46. The molecule has 1 heterocycles. The summed E-state index contributed by atoms with van der Waals surface area (Å²) in [5, 5.41) is 3.93. The lowest BCUT2D eigenvalue weighted by atomic mass is 10.2. The molecule has 0 saturated carbocycles. The summed E-state index contributed by atoms with van der Waals surface area (Å²) >= 11 is 13.4. The van der Waals surface area contributed by atoms with Crippen LogP contribution in [0.3, 0.4) is 0 Å². The first kappa shape index (κ1) is 21.4. The molecule has 5 nitrogen and oxygen atoms in total. The van der Waals surface area contributed by atoms with Gasteiger partial charge in [0.05, 0.1) is 31.9 Å². The largest absolute Gasteiger partial charge is 0.325 e. The topological polar surface area (TPSA) is 64.0 Å². The molecule has 4 rings (SSSR count). The summed E-state index contributed by atoms with van der Waals surface area (Å²) in [6.07, 6.45) is 0. The van der Waals surface area contributed by atoms with Crippen LogP contribution in [0.5, 0.6) is 0 Å². The van der Waals surface area contributed by atoms with E-state index in [2.05, 4.69) is 10.3 Å².